The van der Waals surface area contributed by atoms with Crippen LogP contribution in [0.25, 0.3) is 0 Å². The highest BCUT2D eigenvalue weighted by Crippen LogP contribution is 2.28. The first-order valence-electron chi connectivity index (χ1n) is 8.72. The van der Waals surface area contributed by atoms with Crippen LogP contribution in [0.1, 0.15) is 33.3 Å². The van der Waals surface area contributed by atoms with Crippen LogP contribution in [0, 0.1) is 5.92 Å². The second-order valence-electron chi connectivity index (χ2n) is 7.01. The molecule has 0 saturated carbocycles. The van der Waals surface area contributed by atoms with E-state index in [9.17, 15) is 5.11 Å². The summed E-state index contributed by atoms with van der Waals surface area (Å²) >= 11 is 0. The molecule has 1 aromatic carbocycles. The van der Waals surface area contributed by atoms with Gasteiger partial charge in [0, 0.05) is 19.1 Å². The van der Waals surface area contributed by atoms with Gasteiger partial charge in [-0.3, -0.25) is 0 Å². The van der Waals surface area contributed by atoms with E-state index in [0.717, 1.165) is 18.7 Å². The highest BCUT2D eigenvalue weighted by molar-refractivity contribution is 5.43. The van der Waals surface area contributed by atoms with E-state index in [1.54, 1.807) is 7.11 Å². The maximum atomic E-state index is 10.1. The van der Waals surface area contributed by atoms with E-state index in [1.807, 2.05) is 25.2 Å². The SMILES string of the molecule is COc1ccc(CNCC(C)C)cc1OC[C@H](O)CN(C)C(C)C. The Hall–Kier alpha value is -1.30. The van der Waals surface area contributed by atoms with Crippen LogP contribution in [0.5, 0.6) is 11.5 Å². The number of methoxy groups -OCH3 is 1. The van der Waals surface area contributed by atoms with Gasteiger partial charge >= 0.3 is 0 Å². The van der Waals surface area contributed by atoms with Crippen molar-refractivity contribution in [1.82, 2.24) is 10.2 Å². The molecule has 0 fully saturated rings. The van der Waals surface area contributed by atoms with Crippen LogP contribution in [0.3, 0.4) is 0 Å². The number of nitrogens with zero attached hydrogens (tertiary/aromatic N) is 1. The second kappa shape index (κ2) is 10.5. The normalized spacial score (nSPS) is 12.9. The van der Waals surface area contributed by atoms with E-state index < -0.39 is 6.10 Å². The molecule has 0 spiro atoms. The molecule has 0 heterocycles. The smallest absolute Gasteiger partial charge is 0.161 e. The Morgan fingerprint density at radius 1 is 1.17 bits per heavy atom. The molecule has 0 unspecified atom stereocenters. The maximum absolute atomic E-state index is 10.1. The Labute approximate surface area is 147 Å². The molecule has 0 amide bonds. The summed E-state index contributed by atoms with van der Waals surface area (Å²) in [6, 6.07) is 6.31. The molecule has 0 aromatic heterocycles. The number of hydrogen-bond acceptors (Lipinski definition) is 5. The lowest BCUT2D eigenvalue weighted by molar-refractivity contribution is 0.0668. The van der Waals surface area contributed by atoms with E-state index in [1.165, 1.54) is 0 Å². The molecule has 5 nitrogen and oxygen atoms in total. The zero-order valence-corrected chi connectivity index (χ0v) is 16.0. The monoisotopic (exact) mass is 338 g/mol. The first-order chi connectivity index (χ1) is 11.3. The summed E-state index contributed by atoms with van der Waals surface area (Å²) < 4.78 is 11.2. The van der Waals surface area contributed by atoms with E-state index >= 15 is 0 Å². The molecule has 1 aromatic rings. The fraction of sp³-hybridized carbons (Fsp3) is 0.684. The van der Waals surface area contributed by atoms with Gasteiger partial charge < -0.3 is 24.8 Å². The minimum absolute atomic E-state index is 0.246. The fourth-order valence-electron chi connectivity index (χ4n) is 2.23. The van der Waals surface area contributed by atoms with Crippen molar-refractivity contribution in [1.29, 1.82) is 0 Å². The molecule has 1 rings (SSSR count). The summed E-state index contributed by atoms with van der Waals surface area (Å²) in [6.45, 7) is 11.2. The molecular weight excluding hydrogens is 304 g/mol. The third-order valence-electron chi connectivity index (χ3n) is 3.92. The minimum Gasteiger partial charge on any atom is -0.493 e. The third kappa shape index (κ3) is 7.51. The quantitative estimate of drug-likeness (QED) is 0.649. The average Bonchev–Trinajstić information content (AvgIpc) is 2.52. The van der Waals surface area contributed by atoms with Gasteiger partial charge in [0.2, 0.25) is 0 Å². The fourth-order valence-corrected chi connectivity index (χ4v) is 2.23. The van der Waals surface area contributed by atoms with Gasteiger partial charge in [-0.2, -0.15) is 0 Å². The van der Waals surface area contributed by atoms with Crippen molar-refractivity contribution in [2.75, 3.05) is 33.9 Å². The lowest BCUT2D eigenvalue weighted by Gasteiger charge is -2.24. The summed E-state index contributed by atoms with van der Waals surface area (Å²) in [5.41, 5.74) is 1.14. The number of rotatable bonds is 11. The Kier molecular flexibility index (Phi) is 9.11. The molecule has 0 aliphatic rings. The van der Waals surface area contributed by atoms with Crippen LogP contribution in [-0.4, -0.2) is 56.0 Å². The highest BCUT2D eigenvalue weighted by Gasteiger charge is 2.13. The van der Waals surface area contributed by atoms with E-state index in [4.69, 9.17) is 9.47 Å². The van der Waals surface area contributed by atoms with E-state index in [-0.39, 0.29) is 6.61 Å². The molecule has 0 aliphatic carbocycles. The van der Waals surface area contributed by atoms with Crippen LogP contribution in [0.2, 0.25) is 0 Å². The number of hydrogen-bond donors (Lipinski definition) is 2. The van der Waals surface area contributed by atoms with Crippen LogP contribution in [-0.2, 0) is 6.54 Å². The van der Waals surface area contributed by atoms with Gasteiger partial charge in [0.05, 0.1) is 7.11 Å². The lowest BCUT2D eigenvalue weighted by atomic mass is 10.2. The topological polar surface area (TPSA) is 54.0 Å². The molecule has 0 saturated heterocycles. The van der Waals surface area contributed by atoms with Crippen molar-refractivity contribution < 1.29 is 14.6 Å². The van der Waals surface area contributed by atoms with Crippen molar-refractivity contribution in [2.45, 2.75) is 46.4 Å². The molecule has 138 valence electrons. The van der Waals surface area contributed by atoms with Crippen molar-refractivity contribution in [3.8, 4) is 11.5 Å². The summed E-state index contributed by atoms with van der Waals surface area (Å²) in [6.07, 6.45) is -0.537. The number of likely N-dealkylation sites (N-methyl/N-ethyl adjacent to an activating group) is 1. The van der Waals surface area contributed by atoms with Gasteiger partial charge in [-0.05, 0) is 51.1 Å². The van der Waals surface area contributed by atoms with Gasteiger partial charge in [-0.1, -0.05) is 19.9 Å². The van der Waals surface area contributed by atoms with Gasteiger partial charge in [0.15, 0.2) is 11.5 Å². The zero-order chi connectivity index (χ0) is 18.1. The van der Waals surface area contributed by atoms with Gasteiger partial charge in [-0.25, -0.2) is 0 Å². The standard InChI is InChI=1S/C19H34N2O3/c1-14(2)10-20-11-16-7-8-18(23-6)19(9-16)24-13-17(22)12-21(5)15(3)4/h7-9,14-15,17,20,22H,10-13H2,1-6H3/t17-/m1/s1. The number of benzene rings is 1. The van der Waals surface area contributed by atoms with Gasteiger partial charge in [-0.15, -0.1) is 0 Å². The molecule has 5 heteroatoms. The number of ether oxygens (including phenoxy) is 2. The predicted octanol–water partition coefficient (Wildman–Crippen LogP) is 2.52. The van der Waals surface area contributed by atoms with Crippen LogP contribution in [0.15, 0.2) is 18.2 Å². The minimum atomic E-state index is -0.537. The third-order valence-corrected chi connectivity index (χ3v) is 3.92. The molecule has 24 heavy (non-hydrogen) atoms. The van der Waals surface area contributed by atoms with Crippen LogP contribution in [0.4, 0.5) is 0 Å². The second-order valence-corrected chi connectivity index (χ2v) is 7.01. The Morgan fingerprint density at radius 3 is 2.46 bits per heavy atom. The average molecular weight is 338 g/mol. The number of nitrogens with one attached hydrogen (secondary N) is 1. The Morgan fingerprint density at radius 2 is 1.88 bits per heavy atom. The molecule has 0 aliphatic heterocycles. The van der Waals surface area contributed by atoms with Crippen LogP contribution < -0.4 is 14.8 Å². The van der Waals surface area contributed by atoms with E-state index in [0.29, 0.717) is 30.0 Å². The summed E-state index contributed by atoms with van der Waals surface area (Å²) in [5.74, 6) is 1.98. The Bertz CT molecular complexity index is 478. The van der Waals surface area contributed by atoms with Crippen molar-refractivity contribution in [2.24, 2.45) is 5.92 Å². The Balaban J connectivity index is 2.61. The first-order valence-corrected chi connectivity index (χ1v) is 8.72. The summed E-state index contributed by atoms with van der Waals surface area (Å²) in [4.78, 5) is 2.09. The van der Waals surface area contributed by atoms with Crippen LogP contribution >= 0.6 is 0 Å². The van der Waals surface area contributed by atoms with Crippen molar-refractivity contribution in [3.63, 3.8) is 0 Å². The number of aliphatic hydroxyl groups is 1. The summed E-state index contributed by atoms with van der Waals surface area (Å²) in [7, 11) is 3.62. The molecule has 0 radical (unpaired) electrons. The molecule has 0 bridgehead atoms. The summed E-state index contributed by atoms with van der Waals surface area (Å²) in [5, 5.41) is 13.6. The van der Waals surface area contributed by atoms with Crippen molar-refractivity contribution >= 4 is 0 Å². The maximum Gasteiger partial charge on any atom is 0.161 e. The molecular formula is C19H34N2O3. The highest BCUT2D eigenvalue weighted by atomic mass is 16.5. The van der Waals surface area contributed by atoms with E-state index in [2.05, 4.69) is 37.9 Å². The lowest BCUT2D eigenvalue weighted by Crippen LogP contribution is -2.37. The molecule has 1 atom stereocenters. The van der Waals surface area contributed by atoms with Crippen molar-refractivity contribution in [3.05, 3.63) is 23.8 Å². The first kappa shape index (κ1) is 20.7. The number of aliphatic hydroxyl groups excluding tert-OH is 1. The van der Waals surface area contributed by atoms with Gasteiger partial charge in [0.25, 0.3) is 0 Å². The zero-order valence-electron chi connectivity index (χ0n) is 16.0. The van der Waals surface area contributed by atoms with Gasteiger partial charge in [0.1, 0.15) is 12.7 Å². The largest absolute Gasteiger partial charge is 0.493 e. The predicted molar refractivity (Wildman–Crippen MR) is 98.8 cm³/mol. The molecule has 2 N–H and O–H groups in total.